The van der Waals surface area contributed by atoms with Crippen LogP contribution in [-0.4, -0.2) is 48.0 Å². The third kappa shape index (κ3) is 5.72. The van der Waals surface area contributed by atoms with Crippen LogP contribution in [0.5, 0.6) is 0 Å². The van der Waals surface area contributed by atoms with Gasteiger partial charge in [0.1, 0.15) is 0 Å². The fourth-order valence-corrected chi connectivity index (χ4v) is 4.40. The van der Waals surface area contributed by atoms with Crippen molar-refractivity contribution < 1.29 is 10.2 Å². The van der Waals surface area contributed by atoms with Crippen LogP contribution >= 0.6 is 0 Å². The monoisotopic (exact) mass is 335 g/mol. The van der Waals surface area contributed by atoms with Crippen LogP contribution in [0.4, 0.5) is 0 Å². The number of nitrogens with zero attached hydrogens (tertiary/aromatic N) is 1. The summed E-state index contributed by atoms with van der Waals surface area (Å²) in [5.74, 6) is 1.33. The summed E-state index contributed by atoms with van der Waals surface area (Å²) in [6.45, 7) is 3.27. The first-order valence-corrected chi connectivity index (χ1v) is 9.90. The Morgan fingerprint density at radius 1 is 1.29 bits per heavy atom. The maximum atomic E-state index is 10.4. The maximum Gasteiger partial charge on any atom is 0.0720 e. The zero-order chi connectivity index (χ0) is 17.5. The van der Waals surface area contributed by atoms with Crippen molar-refractivity contribution in [1.29, 1.82) is 0 Å². The van der Waals surface area contributed by atoms with Crippen molar-refractivity contribution >= 4 is 0 Å². The van der Waals surface area contributed by atoms with Gasteiger partial charge in [0, 0.05) is 5.92 Å². The largest absolute Gasteiger partial charge is 0.392 e. The number of aliphatic hydroxyl groups excluding tert-OH is 2. The summed E-state index contributed by atoms with van der Waals surface area (Å²) in [5.41, 5.74) is 1.61. The molecule has 5 atom stereocenters. The zero-order valence-corrected chi connectivity index (χ0v) is 15.8. The molecule has 2 N–H and O–H groups in total. The lowest BCUT2D eigenvalue weighted by Gasteiger charge is -2.19. The second-order valence-electron chi connectivity index (χ2n) is 8.09. The van der Waals surface area contributed by atoms with Gasteiger partial charge in [-0.05, 0) is 71.0 Å². The number of unbranched alkanes of at least 4 members (excludes halogenated alkanes) is 2. The number of fused-ring (bicyclic) bond motifs is 1. The Hall–Kier alpha value is -0.640. The number of aliphatic hydroxyl groups is 2. The van der Waals surface area contributed by atoms with Crippen LogP contribution in [0.2, 0.25) is 0 Å². The van der Waals surface area contributed by atoms with E-state index >= 15 is 0 Å². The van der Waals surface area contributed by atoms with Crippen molar-refractivity contribution in [2.75, 3.05) is 20.6 Å². The second kappa shape index (κ2) is 9.74. The summed E-state index contributed by atoms with van der Waals surface area (Å²) in [6, 6.07) is 0. The van der Waals surface area contributed by atoms with Crippen LogP contribution in [0.1, 0.15) is 58.3 Å². The van der Waals surface area contributed by atoms with Gasteiger partial charge in [0.2, 0.25) is 0 Å². The van der Waals surface area contributed by atoms with Crippen LogP contribution in [0.25, 0.3) is 0 Å². The highest BCUT2D eigenvalue weighted by Gasteiger charge is 2.43. The molecule has 0 saturated heterocycles. The topological polar surface area (TPSA) is 43.7 Å². The SMILES string of the molecule is CCC[C@H](O)/C=C/[C@@H]1[C@H]2CC(CCCCCN(C)C)=C[C@H]2C[C@H]1O. The third-order valence-electron chi connectivity index (χ3n) is 5.69. The molecule has 2 rings (SSSR count). The summed E-state index contributed by atoms with van der Waals surface area (Å²) < 4.78 is 0. The predicted octanol–water partition coefficient (Wildman–Crippen LogP) is 3.77. The molecule has 2 aliphatic rings. The quantitative estimate of drug-likeness (QED) is 0.472. The molecule has 138 valence electrons. The molecule has 0 aliphatic heterocycles. The number of hydrogen-bond acceptors (Lipinski definition) is 3. The molecule has 1 saturated carbocycles. The van der Waals surface area contributed by atoms with Gasteiger partial charge in [0.15, 0.2) is 0 Å². The lowest BCUT2D eigenvalue weighted by Crippen LogP contribution is -2.18. The van der Waals surface area contributed by atoms with E-state index in [0.717, 1.165) is 25.7 Å². The van der Waals surface area contributed by atoms with Gasteiger partial charge in [0.25, 0.3) is 0 Å². The molecule has 0 heterocycles. The highest BCUT2D eigenvalue weighted by molar-refractivity contribution is 5.20. The molecule has 0 bridgehead atoms. The van der Waals surface area contributed by atoms with E-state index in [1.807, 2.05) is 6.08 Å². The molecule has 1 fully saturated rings. The number of rotatable bonds is 10. The first-order chi connectivity index (χ1) is 11.5. The Bertz CT molecular complexity index is 430. The van der Waals surface area contributed by atoms with E-state index < -0.39 is 0 Å². The minimum absolute atomic E-state index is 0.226. The van der Waals surface area contributed by atoms with Gasteiger partial charge in [-0.1, -0.05) is 43.6 Å². The van der Waals surface area contributed by atoms with Gasteiger partial charge in [-0.15, -0.1) is 0 Å². The Morgan fingerprint density at radius 3 is 2.79 bits per heavy atom. The van der Waals surface area contributed by atoms with Crippen molar-refractivity contribution in [2.45, 2.75) is 70.5 Å². The minimum atomic E-state index is -0.355. The Labute approximate surface area is 148 Å². The smallest absolute Gasteiger partial charge is 0.0720 e. The molecular weight excluding hydrogens is 298 g/mol. The summed E-state index contributed by atoms with van der Waals surface area (Å²) in [7, 11) is 4.27. The van der Waals surface area contributed by atoms with Crippen LogP contribution in [0.3, 0.4) is 0 Å². The molecule has 0 aromatic rings. The normalized spacial score (nSPS) is 31.0. The molecular formula is C21H37NO2. The number of allylic oxidation sites excluding steroid dienone is 2. The Balaban J connectivity index is 1.77. The van der Waals surface area contributed by atoms with Crippen molar-refractivity contribution in [1.82, 2.24) is 4.90 Å². The molecule has 0 amide bonds. The average Bonchev–Trinajstić information content (AvgIpc) is 3.01. The van der Waals surface area contributed by atoms with Gasteiger partial charge >= 0.3 is 0 Å². The lowest BCUT2D eigenvalue weighted by molar-refractivity contribution is 0.139. The van der Waals surface area contributed by atoms with E-state index in [-0.39, 0.29) is 18.1 Å². The molecule has 3 nitrogen and oxygen atoms in total. The number of hydrogen-bond donors (Lipinski definition) is 2. The van der Waals surface area contributed by atoms with Crippen molar-refractivity contribution in [3.63, 3.8) is 0 Å². The molecule has 0 aromatic heterocycles. The van der Waals surface area contributed by atoms with Gasteiger partial charge in [-0.3, -0.25) is 0 Å². The van der Waals surface area contributed by atoms with Gasteiger partial charge in [-0.25, -0.2) is 0 Å². The van der Waals surface area contributed by atoms with Crippen LogP contribution in [-0.2, 0) is 0 Å². The van der Waals surface area contributed by atoms with E-state index in [1.54, 1.807) is 5.57 Å². The molecule has 0 unspecified atom stereocenters. The average molecular weight is 336 g/mol. The Kier molecular flexibility index (Phi) is 7.99. The molecule has 2 aliphatic carbocycles. The third-order valence-corrected chi connectivity index (χ3v) is 5.69. The molecule has 0 radical (unpaired) electrons. The maximum absolute atomic E-state index is 10.4. The van der Waals surface area contributed by atoms with E-state index in [2.05, 4.69) is 38.1 Å². The molecule has 0 spiro atoms. The minimum Gasteiger partial charge on any atom is -0.392 e. The van der Waals surface area contributed by atoms with E-state index in [1.165, 1.54) is 32.2 Å². The zero-order valence-electron chi connectivity index (χ0n) is 15.8. The van der Waals surface area contributed by atoms with E-state index in [0.29, 0.717) is 11.8 Å². The van der Waals surface area contributed by atoms with Crippen molar-refractivity contribution in [3.05, 3.63) is 23.8 Å². The highest BCUT2D eigenvalue weighted by Crippen LogP contribution is 2.48. The van der Waals surface area contributed by atoms with Crippen LogP contribution < -0.4 is 0 Å². The van der Waals surface area contributed by atoms with Gasteiger partial charge in [0.05, 0.1) is 12.2 Å². The fourth-order valence-electron chi connectivity index (χ4n) is 4.40. The first-order valence-electron chi connectivity index (χ1n) is 9.90. The fraction of sp³-hybridized carbons (Fsp3) is 0.810. The lowest BCUT2D eigenvalue weighted by atomic mass is 9.88. The predicted molar refractivity (Wildman–Crippen MR) is 101 cm³/mol. The van der Waals surface area contributed by atoms with Crippen molar-refractivity contribution in [2.24, 2.45) is 17.8 Å². The van der Waals surface area contributed by atoms with Crippen LogP contribution in [0, 0.1) is 17.8 Å². The standard InChI is InChI=1S/C21H37NO2/c1-4-8-18(23)10-11-19-20-14-16(13-17(20)15-21(19)24)9-6-5-7-12-22(2)3/h10-11,13,17-21,23-24H,4-9,12,14-15H2,1-3H3/b11-10+/t17-,18-,19+,20-,21+/m0/s1. The van der Waals surface area contributed by atoms with Crippen LogP contribution in [0.15, 0.2) is 23.8 Å². The summed E-state index contributed by atoms with van der Waals surface area (Å²) in [4.78, 5) is 2.25. The first kappa shape index (κ1) is 19.7. The molecule has 3 heteroatoms. The Morgan fingerprint density at radius 2 is 2.08 bits per heavy atom. The summed E-state index contributed by atoms with van der Waals surface area (Å²) in [6.07, 6.45) is 14.8. The van der Waals surface area contributed by atoms with Crippen molar-refractivity contribution in [3.8, 4) is 0 Å². The summed E-state index contributed by atoms with van der Waals surface area (Å²) in [5, 5.41) is 20.3. The van der Waals surface area contributed by atoms with E-state index in [4.69, 9.17) is 0 Å². The van der Waals surface area contributed by atoms with Gasteiger partial charge < -0.3 is 15.1 Å². The van der Waals surface area contributed by atoms with Gasteiger partial charge in [-0.2, -0.15) is 0 Å². The highest BCUT2D eigenvalue weighted by atomic mass is 16.3. The molecule has 24 heavy (non-hydrogen) atoms. The molecule has 0 aromatic carbocycles. The summed E-state index contributed by atoms with van der Waals surface area (Å²) >= 11 is 0. The second-order valence-corrected chi connectivity index (χ2v) is 8.09. The van der Waals surface area contributed by atoms with E-state index in [9.17, 15) is 10.2 Å².